The Bertz CT molecular complexity index is 1470. The molecule has 0 spiro atoms. The number of nitrogens with zero attached hydrogens (tertiary/aromatic N) is 3. The molecule has 3 aromatic rings. The summed E-state index contributed by atoms with van der Waals surface area (Å²) in [5.74, 6) is 3.61. The van der Waals surface area contributed by atoms with Crippen molar-refractivity contribution in [2.24, 2.45) is 0 Å². The number of hydrogen-bond donors (Lipinski definition) is 2. The average molecular weight is 570 g/mol. The highest BCUT2D eigenvalue weighted by Crippen LogP contribution is 2.37. The van der Waals surface area contributed by atoms with Crippen LogP contribution >= 0.6 is 0 Å². The van der Waals surface area contributed by atoms with Crippen LogP contribution in [0, 0.1) is 30.4 Å². The molecule has 7 nitrogen and oxygen atoms in total. The molecule has 41 heavy (non-hydrogen) atoms. The predicted molar refractivity (Wildman–Crippen MR) is 149 cm³/mol. The van der Waals surface area contributed by atoms with E-state index in [2.05, 4.69) is 27.1 Å². The number of nitrogens with one attached hydrogen (secondary N) is 1. The van der Waals surface area contributed by atoms with Gasteiger partial charge in [0.1, 0.15) is 36.4 Å². The number of hydrogen-bond acceptors (Lipinski definition) is 6. The number of amides is 1. The number of carbonyl (C=O) groups is 1. The maximum Gasteiger partial charge on any atom is 0.258 e. The van der Waals surface area contributed by atoms with Gasteiger partial charge >= 0.3 is 0 Å². The Morgan fingerprint density at radius 3 is 2.78 bits per heavy atom. The van der Waals surface area contributed by atoms with Gasteiger partial charge in [-0.1, -0.05) is 12.0 Å². The summed E-state index contributed by atoms with van der Waals surface area (Å²) < 4.78 is 62.1. The van der Waals surface area contributed by atoms with E-state index in [1.807, 2.05) is 4.90 Å². The van der Waals surface area contributed by atoms with Gasteiger partial charge in [0.25, 0.3) is 5.91 Å². The Morgan fingerprint density at radius 1 is 1.24 bits per heavy atom. The summed E-state index contributed by atoms with van der Waals surface area (Å²) in [6.45, 7) is 3.54. The van der Waals surface area contributed by atoms with E-state index in [4.69, 9.17) is 10.5 Å². The number of rotatable bonds is 10. The molecule has 1 fully saturated rings. The summed E-state index contributed by atoms with van der Waals surface area (Å²) in [7, 11) is 0. The monoisotopic (exact) mass is 569 g/mol. The lowest BCUT2D eigenvalue weighted by molar-refractivity contribution is 0.102. The summed E-state index contributed by atoms with van der Waals surface area (Å²) in [4.78, 5) is 23.1. The minimum atomic E-state index is -1.01. The van der Waals surface area contributed by atoms with Crippen molar-refractivity contribution in [3.63, 3.8) is 0 Å². The topological polar surface area (TPSA) is 93.4 Å². The fourth-order valence-electron chi connectivity index (χ4n) is 4.78. The molecule has 1 aliphatic heterocycles. The molecule has 0 bridgehead atoms. The molecule has 3 N–H and O–H groups in total. The van der Waals surface area contributed by atoms with E-state index in [0.29, 0.717) is 24.1 Å². The first-order chi connectivity index (χ1) is 19.7. The van der Waals surface area contributed by atoms with Crippen molar-refractivity contribution in [3.8, 4) is 28.8 Å². The van der Waals surface area contributed by atoms with Crippen LogP contribution in [-0.4, -0.2) is 59.4 Å². The number of anilines is 2. The Labute approximate surface area is 236 Å². The number of carbonyl (C=O) groups excluding carboxylic acids is 1. The molecular formula is C30H31F4N5O2. The quantitative estimate of drug-likeness (QED) is 0.255. The van der Waals surface area contributed by atoms with Crippen molar-refractivity contribution in [1.82, 2.24) is 14.9 Å². The molecule has 0 saturated carbocycles. The van der Waals surface area contributed by atoms with E-state index in [1.165, 1.54) is 24.5 Å². The zero-order valence-electron chi connectivity index (χ0n) is 22.8. The standard InChI is InChI=1S/C30H31F4N5O2/c1-3-4-10-39-15-21(33)12-22(39)16-41-28-27(36-17-37-29(28)35)24-13-20(32)14-26(18(24)2)38-30(40)23-8-7-19(6-5-9-31)11-25(23)34/h7-8,11,13-14,17,21-22H,5-6,9-10,12,15-16H2,1-2H3,(H,38,40)(H2,35,36,37)/t21-,22+/m1/s1. The molecular weight excluding hydrogens is 538 g/mol. The number of benzene rings is 2. The highest BCUT2D eigenvalue weighted by atomic mass is 19.1. The second kappa shape index (κ2) is 13.5. The van der Waals surface area contributed by atoms with Gasteiger partial charge in [0.05, 0.1) is 18.8 Å². The molecule has 11 heteroatoms. The van der Waals surface area contributed by atoms with Gasteiger partial charge in [-0.3, -0.25) is 14.1 Å². The van der Waals surface area contributed by atoms with Crippen LogP contribution in [0.1, 0.15) is 41.3 Å². The molecule has 216 valence electrons. The summed E-state index contributed by atoms with van der Waals surface area (Å²) in [5.41, 5.74) is 7.41. The smallest absolute Gasteiger partial charge is 0.258 e. The molecule has 1 amide bonds. The first kappa shape index (κ1) is 29.8. The molecule has 0 aliphatic carbocycles. The van der Waals surface area contributed by atoms with Crippen molar-refractivity contribution in [2.75, 3.05) is 37.4 Å². The van der Waals surface area contributed by atoms with Gasteiger partial charge in [0.2, 0.25) is 0 Å². The van der Waals surface area contributed by atoms with Crippen LogP contribution in [0.4, 0.5) is 29.1 Å². The second-order valence-corrected chi connectivity index (χ2v) is 9.78. The third kappa shape index (κ3) is 7.13. The van der Waals surface area contributed by atoms with Gasteiger partial charge in [0, 0.05) is 23.8 Å². The molecule has 1 aromatic heterocycles. The van der Waals surface area contributed by atoms with E-state index in [-0.39, 0.29) is 66.1 Å². The minimum absolute atomic E-state index is 0.00821. The number of nitrogen functional groups attached to an aromatic ring is 1. The summed E-state index contributed by atoms with van der Waals surface area (Å²) >= 11 is 0. The van der Waals surface area contributed by atoms with Gasteiger partial charge < -0.3 is 15.8 Å². The van der Waals surface area contributed by atoms with Crippen LogP contribution in [0.15, 0.2) is 36.7 Å². The molecule has 2 heterocycles. The van der Waals surface area contributed by atoms with Crippen molar-refractivity contribution in [1.29, 1.82) is 0 Å². The predicted octanol–water partition coefficient (Wildman–Crippen LogP) is 5.28. The van der Waals surface area contributed by atoms with Crippen molar-refractivity contribution in [3.05, 3.63) is 65.0 Å². The normalized spacial score (nSPS) is 16.7. The summed E-state index contributed by atoms with van der Waals surface area (Å²) in [6, 6.07) is 6.12. The third-order valence-electron chi connectivity index (χ3n) is 6.94. The van der Waals surface area contributed by atoms with Crippen LogP contribution in [0.3, 0.4) is 0 Å². The Hall–Kier alpha value is -4.17. The Morgan fingerprint density at radius 2 is 2.05 bits per heavy atom. The van der Waals surface area contributed by atoms with E-state index in [0.717, 1.165) is 6.07 Å². The minimum Gasteiger partial charge on any atom is -0.486 e. The zero-order valence-corrected chi connectivity index (χ0v) is 22.8. The third-order valence-corrected chi connectivity index (χ3v) is 6.94. The molecule has 1 aliphatic rings. The number of nitrogens with two attached hydrogens (primary N) is 1. The number of halogens is 4. The van der Waals surface area contributed by atoms with Crippen LogP contribution in [0.5, 0.6) is 5.75 Å². The fourth-order valence-corrected chi connectivity index (χ4v) is 4.78. The lowest BCUT2D eigenvalue weighted by atomic mass is 10.0. The molecule has 0 radical (unpaired) electrons. The van der Waals surface area contributed by atoms with Gasteiger partial charge in [-0.25, -0.2) is 23.1 Å². The first-order valence-electron chi connectivity index (χ1n) is 13.2. The Balaban J connectivity index is 1.59. The van der Waals surface area contributed by atoms with Crippen LogP contribution in [-0.2, 0) is 6.42 Å². The van der Waals surface area contributed by atoms with E-state index in [1.54, 1.807) is 19.9 Å². The highest BCUT2D eigenvalue weighted by Gasteiger charge is 2.32. The SMILES string of the molecule is CC#CCN1C[C@H](F)C[C@H]1COc1c(N)ncnc1-c1cc(F)cc(NC(=O)c2ccc(CCCF)cc2F)c1C. The van der Waals surface area contributed by atoms with E-state index < -0.39 is 30.4 Å². The zero-order chi connectivity index (χ0) is 29.5. The lowest BCUT2D eigenvalue weighted by Crippen LogP contribution is -2.34. The number of ether oxygens (including phenoxy) is 1. The number of aromatic nitrogens is 2. The number of likely N-dealkylation sites (tertiary alicyclic amines) is 1. The van der Waals surface area contributed by atoms with Gasteiger partial charge in [-0.15, -0.1) is 5.92 Å². The molecule has 2 atom stereocenters. The molecule has 2 aromatic carbocycles. The maximum absolute atomic E-state index is 14.8. The van der Waals surface area contributed by atoms with Gasteiger partial charge in [0.15, 0.2) is 11.6 Å². The fraction of sp³-hybridized carbons (Fsp3) is 0.367. The van der Waals surface area contributed by atoms with Crippen LogP contribution in [0.25, 0.3) is 11.3 Å². The van der Waals surface area contributed by atoms with Crippen molar-refractivity contribution >= 4 is 17.4 Å². The summed E-state index contributed by atoms with van der Waals surface area (Å²) in [5, 5.41) is 2.57. The van der Waals surface area contributed by atoms with E-state index in [9.17, 15) is 22.4 Å². The number of alkyl halides is 2. The van der Waals surface area contributed by atoms with E-state index >= 15 is 0 Å². The van der Waals surface area contributed by atoms with Gasteiger partial charge in [-0.05, 0) is 68.5 Å². The molecule has 1 saturated heterocycles. The van der Waals surface area contributed by atoms with Crippen LogP contribution in [0.2, 0.25) is 0 Å². The van der Waals surface area contributed by atoms with Crippen molar-refractivity contribution in [2.45, 2.75) is 45.3 Å². The Kier molecular flexibility index (Phi) is 9.78. The largest absolute Gasteiger partial charge is 0.486 e. The average Bonchev–Trinajstić information content (AvgIpc) is 3.30. The lowest BCUT2D eigenvalue weighted by Gasteiger charge is -2.23. The summed E-state index contributed by atoms with van der Waals surface area (Å²) in [6.07, 6.45) is 1.04. The van der Waals surface area contributed by atoms with Crippen LogP contribution < -0.4 is 15.8 Å². The number of aryl methyl sites for hydroxylation is 1. The van der Waals surface area contributed by atoms with Crippen molar-refractivity contribution < 1.29 is 27.1 Å². The molecule has 0 unspecified atom stereocenters. The highest BCUT2D eigenvalue weighted by molar-refractivity contribution is 6.05. The van der Waals surface area contributed by atoms with Gasteiger partial charge in [-0.2, -0.15) is 0 Å². The maximum atomic E-state index is 14.8. The first-order valence-corrected chi connectivity index (χ1v) is 13.2. The second-order valence-electron chi connectivity index (χ2n) is 9.78. The molecule has 4 rings (SSSR count).